The van der Waals surface area contributed by atoms with Crippen molar-refractivity contribution in [1.29, 1.82) is 0 Å². The number of esters is 1. The molecule has 158 valence electrons. The van der Waals surface area contributed by atoms with Crippen LogP contribution in [0, 0.1) is 20.8 Å². The Balaban J connectivity index is 2.13. The zero-order valence-electron chi connectivity index (χ0n) is 17.3. The third-order valence-electron chi connectivity index (χ3n) is 4.45. The van der Waals surface area contributed by atoms with Crippen molar-refractivity contribution in [3.05, 3.63) is 46.6 Å². The molecule has 1 aromatic carbocycles. The number of carbonyl (C=O) groups excluding carboxylic acids is 2. The molecule has 3 aromatic rings. The molecule has 0 unspecified atom stereocenters. The number of pyridine rings is 1. The van der Waals surface area contributed by atoms with Gasteiger partial charge in [-0.1, -0.05) is 11.6 Å². The Hall–Kier alpha value is -3.13. The van der Waals surface area contributed by atoms with Crippen LogP contribution >= 0.6 is 11.6 Å². The Morgan fingerprint density at radius 1 is 1.13 bits per heavy atom. The summed E-state index contributed by atoms with van der Waals surface area (Å²) < 4.78 is 11.5. The predicted molar refractivity (Wildman–Crippen MR) is 115 cm³/mol. The van der Waals surface area contributed by atoms with Gasteiger partial charge in [0.15, 0.2) is 11.6 Å². The first kappa shape index (κ1) is 21.6. The van der Waals surface area contributed by atoms with Crippen LogP contribution < -0.4 is 5.32 Å². The van der Waals surface area contributed by atoms with Crippen molar-refractivity contribution in [2.24, 2.45) is 0 Å². The van der Waals surface area contributed by atoms with Gasteiger partial charge in [-0.05, 0) is 51.0 Å². The SMILES string of the molecule is CCOC(=O)c1cnn(-c2cc(C)c3cc(C)cc(C)c3n2)c1NC(=O)OCCCl. The molecule has 8 nitrogen and oxygen atoms in total. The van der Waals surface area contributed by atoms with Gasteiger partial charge in [0.1, 0.15) is 12.2 Å². The predicted octanol–water partition coefficient (Wildman–Crippen LogP) is 4.31. The van der Waals surface area contributed by atoms with Crippen LogP contribution in [-0.2, 0) is 9.47 Å². The lowest BCUT2D eigenvalue weighted by molar-refractivity contribution is 0.0527. The number of benzene rings is 1. The maximum atomic E-state index is 12.4. The first-order chi connectivity index (χ1) is 14.3. The number of rotatable bonds is 6. The lowest BCUT2D eigenvalue weighted by atomic mass is 10.0. The van der Waals surface area contributed by atoms with Gasteiger partial charge in [0, 0.05) is 5.39 Å². The average molecular weight is 431 g/mol. The molecule has 1 amide bonds. The van der Waals surface area contributed by atoms with Gasteiger partial charge in [0.05, 0.1) is 24.2 Å². The summed E-state index contributed by atoms with van der Waals surface area (Å²) in [6.45, 7) is 7.91. The third kappa shape index (κ3) is 4.38. The van der Waals surface area contributed by atoms with Crippen molar-refractivity contribution in [3.63, 3.8) is 0 Å². The highest BCUT2D eigenvalue weighted by Gasteiger charge is 2.23. The molecule has 0 atom stereocenters. The van der Waals surface area contributed by atoms with Gasteiger partial charge in [-0.3, -0.25) is 5.32 Å². The zero-order valence-corrected chi connectivity index (χ0v) is 18.0. The molecule has 0 bridgehead atoms. The van der Waals surface area contributed by atoms with Crippen molar-refractivity contribution in [1.82, 2.24) is 14.8 Å². The van der Waals surface area contributed by atoms with Crippen molar-refractivity contribution < 1.29 is 19.1 Å². The van der Waals surface area contributed by atoms with Gasteiger partial charge in [0.25, 0.3) is 0 Å². The number of nitrogens with one attached hydrogen (secondary N) is 1. The Morgan fingerprint density at radius 3 is 2.60 bits per heavy atom. The molecule has 0 aliphatic carbocycles. The molecule has 2 aromatic heterocycles. The molecular formula is C21H23ClN4O4. The van der Waals surface area contributed by atoms with Crippen LogP contribution in [-0.4, -0.2) is 45.9 Å². The molecule has 0 aliphatic heterocycles. The van der Waals surface area contributed by atoms with Gasteiger partial charge in [-0.25, -0.2) is 14.6 Å². The van der Waals surface area contributed by atoms with Crippen molar-refractivity contribution in [3.8, 4) is 5.82 Å². The van der Waals surface area contributed by atoms with Gasteiger partial charge in [-0.2, -0.15) is 9.78 Å². The molecule has 0 spiro atoms. The van der Waals surface area contributed by atoms with Crippen LogP contribution in [0.2, 0.25) is 0 Å². The number of nitrogens with zero attached hydrogens (tertiary/aromatic N) is 3. The highest BCUT2D eigenvalue weighted by Crippen LogP contribution is 2.27. The summed E-state index contributed by atoms with van der Waals surface area (Å²) >= 11 is 5.57. The molecule has 2 heterocycles. The van der Waals surface area contributed by atoms with E-state index in [1.807, 2.05) is 32.9 Å². The van der Waals surface area contributed by atoms with Crippen molar-refractivity contribution in [2.45, 2.75) is 27.7 Å². The standard InChI is InChI=1S/C21H23ClN4O4/c1-5-29-20(27)16-11-23-26(19(16)25-21(28)30-7-6-22)17-10-13(3)15-9-12(2)8-14(4)18(15)24-17/h8-11H,5-7H2,1-4H3,(H,25,28). The van der Waals surface area contributed by atoms with E-state index < -0.39 is 12.1 Å². The highest BCUT2D eigenvalue weighted by atomic mass is 35.5. The van der Waals surface area contributed by atoms with Crippen LogP contribution in [0.5, 0.6) is 0 Å². The molecule has 30 heavy (non-hydrogen) atoms. The summed E-state index contributed by atoms with van der Waals surface area (Å²) in [6.07, 6.45) is 0.575. The molecular weight excluding hydrogens is 408 g/mol. The van der Waals surface area contributed by atoms with Crippen molar-refractivity contribution in [2.75, 3.05) is 24.4 Å². The number of ether oxygens (including phenoxy) is 2. The minimum absolute atomic E-state index is 0.0299. The number of fused-ring (bicyclic) bond motifs is 1. The fourth-order valence-corrected chi connectivity index (χ4v) is 3.28. The minimum atomic E-state index is -0.757. The Kier molecular flexibility index (Phi) is 6.56. The number of hydrogen-bond donors (Lipinski definition) is 1. The van der Waals surface area contributed by atoms with Crippen LogP contribution in [0.4, 0.5) is 10.6 Å². The average Bonchev–Trinajstić information content (AvgIpc) is 3.10. The molecule has 0 aliphatic rings. The lowest BCUT2D eigenvalue weighted by Gasteiger charge is -2.13. The molecule has 0 fully saturated rings. The number of halogens is 1. The summed E-state index contributed by atoms with van der Waals surface area (Å²) in [5.74, 6) is 0.113. The highest BCUT2D eigenvalue weighted by molar-refractivity contribution is 6.18. The summed E-state index contributed by atoms with van der Waals surface area (Å²) in [4.78, 5) is 29.2. The van der Waals surface area contributed by atoms with E-state index in [0.717, 1.165) is 27.6 Å². The van der Waals surface area contributed by atoms with Gasteiger partial charge < -0.3 is 9.47 Å². The zero-order chi connectivity index (χ0) is 21.8. The lowest BCUT2D eigenvalue weighted by Crippen LogP contribution is -2.20. The second-order valence-electron chi connectivity index (χ2n) is 6.76. The van der Waals surface area contributed by atoms with Gasteiger partial charge in [0.2, 0.25) is 0 Å². The normalized spacial score (nSPS) is 10.8. The van der Waals surface area contributed by atoms with E-state index in [0.29, 0.717) is 5.82 Å². The summed E-state index contributed by atoms with van der Waals surface area (Å²) in [5.41, 5.74) is 4.07. The molecule has 3 rings (SSSR count). The monoisotopic (exact) mass is 430 g/mol. The fraction of sp³-hybridized carbons (Fsp3) is 0.333. The molecule has 9 heteroatoms. The van der Waals surface area contributed by atoms with Gasteiger partial charge >= 0.3 is 12.1 Å². The molecule has 0 saturated heterocycles. The smallest absolute Gasteiger partial charge is 0.412 e. The largest absolute Gasteiger partial charge is 0.462 e. The first-order valence-corrected chi connectivity index (χ1v) is 10.0. The summed E-state index contributed by atoms with van der Waals surface area (Å²) in [5, 5.41) is 7.87. The number of hydrogen-bond acceptors (Lipinski definition) is 6. The van der Waals surface area contributed by atoms with E-state index in [4.69, 9.17) is 26.1 Å². The van der Waals surface area contributed by atoms with E-state index in [9.17, 15) is 9.59 Å². The van der Waals surface area contributed by atoms with Crippen LogP contribution in [0.15, 0.2) is 24.4 Å². The molecule has 0 saturated carbocycles. The van der Waals surface area contributed by atoms with Gasteiger partial charge in [-0.15, -0.1) is 11.6 Å². The van der Waals surface area contributed by atoms with Crippen LogP contribution in [0.25, 0.3) is 16.7 Å². The van der Waals surface area contributed by atoms with Crippen LogP contribution in [0.3, 0.4) is 0 Å². The number of alkyl halides is 1. The van der Waals surface area contributed by atoms with Crippen molar-refractivity contribution >= 4 is 40.4 Å². The molecule has 1 N–H and O–H groups in total. The number of anilines is 1. The summed E-state index contributed by atoms with van der Waals surface area (Å²) in [6, 6.07) is 5.97. The topological polar surface area (TPSA) is 95.3 Å². The number of carbonyl (C=O) groups is 2. The second kappa shape index (κ2) is 9.13. The Bertz CT molecular complexity index is 1110. The fourth-order valence-electron chi connectivity index (χ4n) is 3.20. The Morgan fingerprint density at radius 2 is 1.90 bits per heavy atom. The van der Waals surface area contributed by atoms with E-state index in [-0.39, 0.29) is 30.5 Å². The number of aryl methyl sites for hydroxylation is 3. The minimum Gasteiger partial charge on any atom is -0.462 e. The van der Waals surface area contributed by atoms with E-state index >= 15 is 0 Å². The van der Waals surface area contributed by atoms with Crippen LogP contribution in [0.1, 0.15) is 34.0 Å². The second-order valence-corrected chi connectivity index (χ2v) is 7.14. The third-order valence-corrected chi connectivity index (χ3v) is 4.61. The quantitative estimate of drug-likeness (QED) is 0.462. The first-order valence-electron chi connectivity index (χ1n) is 9.49. The number of aromatic nitrogens is 3. The summed E-state index contributed by atoms with van der Waals surface area (Å²) in [7, 11) is 0. The maximum Gasteiger partial charge on any atom is 0.412 e. The number of amides is 1. The van der Waals surface area contributed by atoms with E-state index in [2.05, 4.69) is 16.5 Å². The van der Waals surface area contributed by atoms with E-state index in [1.165, 1.54) is 10.9 Å². The molecule has 0 radical (unpaired) electrons. The maximum absolute atomic E-state index is 12.4. The Labute approximate surface area is 179 Å². The van der Waals surface area contributed by atoms with E-state index in [1.54, 1.807) is 6.92 Å².